The predicted molar refractivity (Wildman–Crippen MR) is 87.4 cm³/mol. The highest BCUT2D eigenvalue weighted by molar-refractivity contribution is 5.89. The minimum Gasteiger partial charge on any atom is -0.452 e. The van der Waals surface area contributed by atoms with Gasteiger partial charge in [0.15, 0.2) is 6.10 Å². The van der Waals surface area contributed by atoms with Crippen molar-refractivity contribution in [3.8, 4) is 0 Å². The average Bonchev–Trinajstić information content (AvgIpc) is 2.60. The molecule has 1 fully saturated rings. The monoisotopic (exact) mass is 414 g/mol. The van der Waals surface area contributed by atoms with Gasteiger partial charge in [0.25, 0.3) is 0 Å². The van der Waals surface area contributed by atoms with Gasteiger partial charge in [0, 0.05) is 0 Å². The Balaban J connectivity index is 2.26. The molecule has 0 aliphatic heterocycles. The number of carbonyl (C=O) groups excluding carboxylic acids is 1. The van der Waals surface area contributed by atoms with Crippen molar-refractivity contribution in [3.63, 3.8) is 0 Å². The van der Waals surface area contributed by atoms with Crippen molar-refractivity contribution in [2.75, 3.05) is 0 Å². The Hall–Kier alpha value is -1.80. The van der Waals surface area contributed by atoms with Crippen LogP contribution in [0.4, 0.5) is 30.7 Å². The van der Waals surface area contributed by atoms with Crippen molar-refractivity contribution in [2.45, 2.75) is 69.1 Å². The van der Waals surface area contributed by atoms with Crippen LogP contribution in [-0.2, 0) is 4.74 Å². The molecule has 1 aliphatic rings. The summed E-state index contributed by atoms with van der Waals surface area (Å²) in [4.78, 5) is 12.1. The van der Waals surface area contributed by atoms with Crippen molar-refractivity contribution in [3.05, 3.63) is 35.9 Å². The quantitative estimate of drug-likeness (QED) is 0.381. The lowest BCUT2D eigenvalue weighted by Gasteiger charge is -2.35. The summed E-state index contributed by atoms with van der Waals surface area (Å²) in [6.45, 7) is 0. The fraction of sp³-hybridized carbons (Fsp3) is 0.632. The second-order valence-corrected chi connectivity index (χ2v) is 7.12. The fourth-order valence-electron chi connectivity index (χ4n) is 3.37. The van der Waals surface area contributed by atoms with Gasteiger partial charge in [-0.3, -0.25) is 0 Å². The average molecular weight is 414 g/mol. The highest BCUT2D eigenvalue weighted by atomic mass is 19.4. The topological polar surface area (TPSA) is 26.3 Å². The summed E-state index contributed by atoms with van der Waals surface area (Å²) in [5.74, 6) is -12.3. The molecule has 28 heavy (non-hydrogen) atoms. The van der Waals surface area contributed by atoms with Gasteiger partial charge in [-0.05, 0) is 24.5 Å². The van der Waals surface area contributed by atoms with Gasteiger partial charge >= 0.3 is 24.0 Å². The zero-order valence-electron chi connectivity index (χ0n) is 15.0. The number of ether oxygens (including phenoxy) is 1. The fourth-order valence-corrected chi connectivity index (χ4v) is 3.37. The number of esters is 1. The van der Waals surface area contributed by atoms with Crippen LogP contribution >= 0.6 is 0 Å². The Bertz CT molecular complexity index is 637. The second kappa shape index (κ2) is 8.69. The van der Waals surface area contributed by atoms with Crippen LogP contribution in [0.25, 0.3) is 0 Å². The maximum Gasteiger partial charge on any atom is 0.395 e. The third-order valence-corrected chi connectivity index (χ3v) is 4.85. The lowest BCUT2D eigenvalue weighted by Crippen LogP contribution is -2.53. The Labute approximate surface area is 158 Å². The van der Waals surface area contributed by atoms with E-state index in [0.717, 1.165) is 6.42 Å². The van der Waals surface area contributed by atoms with E-state index in [1.54, 1.807) is 6.07 Å². The molecule has 0 saturated heterocycles. The highest BCUT2D eigenvalue weighted by Gasteiger charge is 2.66. The first kappa shape index (κ1) is 22.5. The third-order valence-electron chi connectivity index (χ3n) is 4.85. The normalized spacial score (nSPS) is 18.0. The number of alkyl halides is 7. The molecule has 0 bridgehead atoms. The van der Waals surface area contributed by atoms with E-state index in [1.807, 2.05) is 0 Å². The smallest absolute Gasteiger partial charge is 0.395 e. The maximum atomic E-state index is 14.5. The molecular formula is C19H21F7O2. The van der Waals surface area contributed by atoms with Crippen molar-refractivity contribution in [1.29, 1.82) is 0 Å². The molecule has 2 nitrogen and oxygen atoms in total. The van der Waals surface area contributed by atoms with Crippen LogP contribution in [0.2, 0.25) is 0 Å². The number of hydrogen-bond donors (Lipinski definition) is 0. The van der Waals surface area contributed by atoms with Gasteiger partial charge in [-0.2, -0.15) is 30.7 Å². The summed E-state index contributed by atoms with van der Waals surface area (Å²) in [5.41, 5.74) is -0.147. The molecule has 0 heterocycles. The summed E-state index contributed by atoms with van der Waals surface area (Å²) in [6, 6.07) is 6.87. The molecule has 0 N–H and O–H groups in total. The van der Waals surface area contributed by atoms with E-state index in [-0.39, 0.29) is 5.56 Å². The lowest BCUT2D eigenvalue weighted by molar-refractivity contribution is -0.291. The Kier molecular flexibility index (Phi) is 6.98. The van der Waals surface area contributed by atoms with Gasteiger partial charge in [0.1, 0.15) is 6.42 Å². The van der Waals surface area contributed by atoms with Crippen LogP contribution in [0.1, 0.15) is 55.3 Å². The molecule has 1 unspecified atom stereocenters. The van der Waals surface area contributed by atoms with Gasteiger partial charge in [-0.1, -0.05) is 50.3 Å². The van der Waals surface area contributed by atoms with E-state index in [9.17, 15) is 35.5 Å². The molecule has 0 aromatic heterocycles. The summed E-state index contributed by atoms with van der Waals surface area (Å²) in [6.07, 6.45) is -8.53. The summed E-state index contributed by atoms with van der Waals surface area (Å²) < 4.78 is 98.7. The number of carbonyl (C=O) groups is 1. The predicted octanol–water partition coefficient (Wildman–Crippen LogP) is 6.41. The molecule has 2 rings (SSSR count). The number of benzene rings is 1. The van der Waals surface area contributed by atoms with E-state index in [0.29, 0.717) is 25.7 Å². The van der Waals surface area contributed by atoms with Gasteiger partial charge in [0.2, 0.25) is 0 Å². The van der Waals surface area contributed by atoms with E-state index < -0.39 is 48.9 Å². The molecule has 1 aliphatic carbocycles. The largest absolute Gasteiger partial charge is 0.452 e. The third kappa shape index (κ3) is 5.85. The van der Waals surface area contributed by atoms with Crippen molar-refractivity contribution in [1.82, 2.24) is 0 Å². The van der Waals surface area contributed by atoms with Crippen molar-refractivity contribution >= 4 is 5.97 Å². The first-order valence-corrected chi connectivity index (χ1v) is 9.01. The standard InChI is InChI=1S/C19H21F7O2/c20-17(21,12-18(22,23)24)19(25,26)15(11-13-7-3-1-4-8-13)28-16(27)14-9-5-2-6-10-14/h2,5-6,9-10,13,15H,1,3-4,7-8,11-12H2. The molecule has 1 atom stereocenters. The molecule has 1 aromatic rings. The van der Waals surface area contributed by atoms with Crippen LogP contribution in [0, 0.1) is 5.92 Å². The molecule has 0 spiro atoms. The minimum atomic E-state index is -5.49. The van der Waals surface area contributed by atoms with Crippen LogP contribution in [-0.4, -0.2) is 30.1 Å². The number of hydrogen-bond acceptors (Lipinski definition) is 2. The van der Waals surface area contributed by atoms with Crippen LogP contribution in [0.3, 0.4) is 0 Å². The van der Waals surface area contributed by atoms with E-state index >= 15 is 0 Å². The molecule has 1 saturated carbocycles. The second-order valence-electron chi connectivity index (χ2n) is 7.12. The first-order chi connectivity index (χ1) is 12.9. The zero-order valence-corrected chi connectivity index (χ0v) is 15.0. The molecule has 9 heteroatoms. The van der Waals surface area contributed by atoms with E-state index in [4.69, 9.17) is 0 Å². The van der Waals surface area contributed by atoms with Gasteiger partial charge in [0.05, 0.1) is 5.56 Å². The summed E-state index contributed by atoms with van der Waals surface area (Å²) >= 11 is 0. The molecule has 0 radical (unpaired) electrons. The van der Waals surface area contributed by atoms with Crippen LogP contribution < -0.4 is 0 Å². The zero-order chi connectivity index (χ0) is 21.0. The van der Waals surface area contributed by atoms with E-state index in [1.165, 1.54) is 24.3 Å². The maximum absolute atomic E-state index is 14.5. The SMILES string of the molecule is O=C(OC(CC1CCCCC1)C(F)(F)C(F)(F)CC(F)(F)F)c1ccccc1. The number of halogens is 7. The molecular weight excluding hydrogens is 393 g/mol. The van der Waals surface area contributed by atoms with Crippen molar-refractivity contribution in [2.24, 2.45) is 5.92 Å². The van der Waals surface area contributed by atoms with Crippen LogP contribution in [0.15, 0.2) is 30.3 Å². The Morgan fingerprint density at radius 3 is 2.07 bits per heavy atom. The molecule has 0 amide bonds. The molecule has 1 aromatic carbocycles. The first-order valence-electron chi connectivity index (χ1n) is 9.01. The number of rotatable bonds is 7. The van der Waals surface area contributed by atoms with E-state index in [2.05, 4.69) is 4.74 Å². The summed E-state index contributed by atoms with van der Waals surface area (Å²) in [5, 5.41) is 0. The van der Waals surface area contributed by atoms with Gasteiger partial charge in [-0.15, -0.1) is 0 Å². The summed E-state index contributed by atoms with van der Waals surface area (Å²) in [7, 11) is 0. The van der Waals surface area contributed by atoms with Crippen molar-refractivity contribution < 1.29 is 40.3 Å². The minimum absolute atomic E-state index is 0.147. The van der Waals surface area contributed by atoms with Gasteiger partial charge < -0.3 is 4.74 Å². The molecule has 158 valence electrons. The van der Waals surface area contributed by atoms with Gasteiger partial charge in [-0.25, -0.2) is 4.79 Å². The Morgan fingerprint density at radius 1 is 0.964 bits per heavy atom. The Morgan fingerprint density at radius 2 is 1.54 bits per heavy atom. The lowest BCUT2D eigenvalue weighted by atomic mass is 9.83. The van der Waals surface area contributed by atoms with Crippen LogP contribution in [0.5, 0.6) is 0 Å². The highest BCUT2D eigenvalue weighted by Crippen LogP contribution is 2.47.